The van der Waals surface area contributed by atoms with E-state index in [0.717, 1.165) is 0 Å². The van der Waals surface area contributed by atoms with Crippen molar-refractivity contribution in [2.75, 3.05) is 0 Å². The van der Waals surface area contributed by atoms with E-state index >= 15 is 0 Å². The number of nitrogens with zero attached hydrogens (tertiary/aromatic N) is 1. The van der Waals surface area contributed by atoms with E-state index in [0.29, 0.717) is 11.1 Å². The number of carboxylic acids is 1. The molecule has 2 atom stereocenters. The predicted octanol–water partition coefficient (Wildman–Crippen LogP) is 2.01. The van der Waals surface area contributed by atoms with Gasteiger partial charge in [-0.25, -0.2) is 0 Å². The molecule has 0 fully saturated rings. The Morgan fingerprint density at radius 3 is 2.16 bits per heavy atom. The molecule has 0 amide bonds. The van der Waals surface area contributed by atoms with E-state index in [4.69, 9.17) is 16.7 Å². The Kier molecular flexibility index (Phi) is 3.83. The van der Waals surface area contributed by atoms with E-state index in [1.807, 2.05) is 0 Å². The summed E-state index contributed by atoms with van der Waals surface area (Å²) in [7, 11) is 0. The van der Waals surface area contributed by atoms with Crippen molar-refractivity contribution in [3.8, 4) is 0 Å². The molecule has 0 aliphatic carbocycles. The van der Waals surface area contributed by atoms with Crippen molar-refractivity contribution in [1.29, 1.82) is 0 Å². The molecule has 0 bridgehead atoms. The van der Waals surface area contributed by atoms with E-state index in [-0.39, 0.29) is 0 Å². The maximum atomic E-state index is 11.2. The number of carboxylic acid groups (broad SMARTS) is 1. The number of alkyl halides is 1. The Morgan fingerprint density at radius 1 is 1.11 bits per heavy atom. The molecule has 2 N–H and O–H groups in total. The van der Waals surface area contributed by atoms with Crippen molar-refractivity contribution in [1.82, 2.24) is 4.98 Å². The van der Waals surface area contributed by atoms with Gasteiger partial charge in [0.05, 0.1) is 0 Å². The van der Waals surface area contributed by atoms with Gasteiger partial charge in [-0.2, -0.15) is 0 Å². The van der Waals surface area contributed by atoms with Crippen LogP contribution in [0.15, 0.2) is 54.9 Å². The number of carbonyl (C=O) groups is 1. The summed E-state index contributed by atoms with van der Waals surface area (Å²) in [5.74, 6) is -1.29. The van der Waals surface area contributed by atoms with Gasteiger partial charge in [0.25, 0.3) is 0 Å². The van der Waals surface area contributed by atoms with Gasteiger partial charge in [0.1, 0.15) is 5.60 Å². The lowest BCUT2D eigenvalue weighted by Gasteiger charge is -2.31. The summed E-state index contributed by atoms with van der Waals surface area (Å²) < 4.78 is 0. The highest BCUT2D eigenvalue weighted by molar-refractivity contribution is 6.30. The number of benzene rings is 1. The second kappa shape index (κ2) is 5.38. The molecule has 2 rings (SSSR count). The fourth-order valence-electron chi connectivity index (χ4n) is 1.94. The molecule has 19 heavy (non-hydrogen) atoms. The smallest absolute Gasteiger partial charge is 0.325 e. The van der Waals surface area contributed by atoms with Crippen molar-refractivity contribution in [3.63, 3.8) is 0 Å². The van der Waals surface area contributed by atoms with Crippen LogP contribution in [0.2, 0.25) is 0 Å². The van der Waals surface area contributed by atoms with Gasteiger partial charge in [0.15, 0.2) is 5.38 Å². The Labute approximate surface area is 115 Å². The average molecular weight is 278 g/mol. The van der Waals surface area contributed by atoms with Crippen LogP contribution in [-0.4, -0.2) is 26.5 Å². The zero-order valence-corrected chi connectivity index (χ0v) is 10.7. The molecule has 0 aliphatic rings. The third-order valence-electron chi connectivity index (χ3n) is 2.92. The lowest BCUT2D eigenvalue weighted by atomic mass is 9.83. The number of hydrogen-bond donors (Lipinski definition) is 2. The maximum Gasteiger partial charge on any atom is 0.325 e. The molecule has 2 unspecified atom stereocenters. The third-order valence-corrected chi connectivity index (χ3v) is 3.42. The molecule has 98 valence electrons. The third kappa shape index (κ3) is 2.45. The molecule has 1 heterocycles. The molecule has 0 saturated carbocycles. The summed E-state index contributed by atoms with van der Waals surface area (Å²) in [6.07, 6.45) is 2.96. The standard InChI is InChI=1S/C14H12ClNO3/c15-12(13(17)18)14(19,10-4-2-1-3-5-10)11-6-8-16-9-7-11/h1-9,12,19H,(H,17,18). The minimum absolute atomic E-state index is 0.385. The molecule has 1 aromatic carbocycles. The Bertz CT molecular complexity index is 520. The van der Waals surface area contributed by atoms with Crippen molar-refractivity contribution < 1.29 is 15.0 Å². The molecule has 4 nitrogen and oxygen atoms in total. The Morgan fingerprint density at radius 2 is 1.63 bits per heavy atom. The summed E-state index contributed by atoms with van der Waals surface area (Å²) in [6, 6.07) is 11.6. The van der Waals surface area contributed by atoms with Crippen molar-refractivity contribution in [2.24, 2.45) is 0 Å². The van der Waals surface area contributed by atoms with Crippen LogP contribution in [0.1, 0.15) is 11.1 Å². The molecule has 0 saturated heterocycles. The first-order valence-electron chi connectivity index (χ1n) is 5.62. The minimum atomic E-state index is -1.81. The number of halogens is 1. The number of aliphatic carboxylic acids is 1. The first-order valence-corrected chi connectivity index (χ1v) is 6.05. The highest BCUT2D eigenvalue weighted by atomic mass is 35.5. The van der Waals surface area contributed by atoms with Crippen molar-refractivity contribution in [2.45, 2.75) is 11.0 Å². The van der Waals surface area contributed by atoms with Crippen LogP contribution in [0.3, 0.4) is 0 Å². The number of rotatable bonds is 4. The van der Waals surface area contributed by atoms with Crippen LogP contribution in [0.5, 0.6) is 0 Å². The summed E-state index contributed by atoms with van der Waals surface area (Å²) in [4.78, 5) is 15.0. The van der Waals surface area contributed by atoms with Gasteiger partial charge in [-0.05, 0) is 23.3 Å². The summed E-state index contributed by atoms with van der Waals surface area (Å²) in [5, 5.41) is 18.5. The number of pyridine rings is 1. The van der Waals surface area contributed by atoms with E-state index in [1.165, 1.54) is 12.4 Å². The molecule has 0 radical (unpaired) electrons. The largest absolute Gasteiger partial charge is 0.480 e. The predicted molar refractivity (Wildman–Crippen MR) is 71.0 cm³/mol. The average Bonchev–Trinajstić information content (AvgIpc) is 2.47. The number of aliphatic hydroxyl groups is 1. The van der Waals surface area contributed by atoms with Crippen LogP contribution in [0.25, 0.3) is 0 Å². The minimum Gasteiger partial charge on any atom is -0.480 e. The summed E-state index contributed by atoms with van der Waals surface area (Å²) in [5.41, 5.74) is -1.00. The second-order valence-corrected chi connectivity index (χ2v) is 4.51. The van der Waals surface area contributed by atoms with Crippen LogP contribution < -0.4 is 0 Å². The van der Waals surface area contributed by atoms with Gasteiger partial charge in [-0.1, -0.05) is 30.3 Å². The molecule has 1 aromatic heterocycles. The van der Waals surface area contributed by atoms with Crippen LogP contribution in [0.4, 0.5) is 0 Å². The topological polar surface area (TPSA) is 70.4 Å². The summed E-state index contributed by atoms with van der Waals surface area (Å²) in [6.45, 7) is 0. The molecule has 2 aromatic rings. The van der Waals surface area contributed by atoms with Crippen molar-refractivity contribution >= 4 is 17.6 Å². The number of aromatic nitrogens is 1. The van der Waals surface area contributed by atoms with E-state index in [9.17, 15) is 9.90 Å². The van der Waals surface area contributed by atoms with Gasteiger partial charge in [-0.15, -0.1) is 11.6 Å². The van der Waals surface area contributed by atoms with E-state index in [2.05, 4.69) is 4.98 Å². The molecular weight excluding hydrogens is 266 g/mol. The van der Waals surface area contributed by atoms with E-state index < -0.39 is 16.9 Å². The van der Waals surface area contributed by atoms with Gasteiger partial charge in [0, 0.05) is 12.4 Å². The highest BCUT2D eigenvalue weighted by Gasteiger charge is 2.43. The maximum absolute atomic E-state index is 11.2. The Hall–Kier alpha value is -1.91. The fourth-order valence-corrected chi connectivity index (χ4v) is 2.19. The van der Waals surface area contributed by atoms with Gasteiger partial charge in [-0.3, -0.25) is 9.78 Å². The SMILES string of the molecule is O=C(O)C(Cl)C(O)(c1ccccc1)c1ccncc1. The van der Waals surface area contributed by atoms with Crippen LogP contribution >= 0.6 is 11.6 Å². The normalized spacial score (nSPS) is 15.5. The van der Waals surface area contributed by atoms with Gasteiger partial charge < -0.3 is 10.2 Å². The van der Waals surface area contributed by atoms with Crippen molar-refractivity contribution in [3.05, 3.63) is 66.0 Å². The molecule has 0 spiro atoms. The van der Waals surface area contributed by atoms with Crippen LogP contribution in [0, 0.1) is 0 Å². The van der Waals surface area contributed by atoms with Crippen LogP contribution in [-0.2, 0) is 10.4 Å². The molecular formula is C14H12ClNO3. The monoisotopic (exact) mass is 277 g/mol. The number of hydrogen-bond acceptors (Lipinski definition) is 3. The van der Waals surface area contributed by atoms with E-state index in [1.54, 1.807) is 42.5 Å². The first kappa shape index (κ1) is 13.5. The van der Waals surface area contributed by atoms with Gasteiger partial charge in [0.2, 0.25) is 0 Å². The lowest BCUT2D eigenvalue weighted by Crippen LogP contribution is -2.42. The zero-order chi connectivity index (χ0) is 13.9. The second-order valence-electron chi connectivity index (χ2n) is 4.07. The van der Waals surface area contributed by atoms with Gasteiger partial charge >= 0.3 is 5.97 Å². The molecule has 0 aliphatic heterocycles. The summed E-state index contributed by atoms with van der Waals surface area (Å²) >= 11 is 5.92. The first-order chi connectivity index (χ1) is 9.06. The Balaban J connectivity index is 2.61. The zero-order valence-electron chi connectivity index (χ0n) is 9.90. The highest BCUT2D eigenvalue weighted by Crippen LogP contribution is 2.35. The lowest BCUT2D eigenvalue weighted by molar-refractivity contribution is -0.140. The quantitative estimate of drug-likeness (QED) is 0.839. The fraction of sp³-hybridized carbons (Fsp3) is 0.143. The molecule has 5 heteroatoms.